The summed E-state index contributed by atoms with van der Waals surface area (Å²) in [6.07, 6.45) is 0. The summed E-state index contributed by atoms with van der Waals surface area (Å²) in [6, 6.07) is 7.37. The van der Waals surface area contributed by atoms with Crippen LogP contribution in [0.2, 0.25) is 0 Å². The van der Waals surface area contributed by atoms with Crippen LogP contribution in [0.5, 0.6) is 5.75 Å². The van der Waals surface area contributed by atoms with E-state index in [0.29, 0.717) is 9.47 Å². The molecule has 0 unspecified atom stereocenters. The SMILES string of the molecule is CNC(=O)[C@@H](Sc1nnc(Nc2ccc(OC)cc2)s1)C(C)=O. The zero-order valence-electron chi connectivity index (χ0n) is 12.8. The number of ether oxygens (including phenoxy) is 1. The third kappa shape index (κ3) is 4.67. The fourth-order valence-electron chi connectivity index (χ4n) is 1.66. The first-order chi connectivity index (χ1) is 11.0. The maximum absolute atomic E-state index is 11.7. The van der Waals surface area contributed by atoms with Crippen molar-refractivity contribution in [3.05, 3.63) is 24.3 Å². The minimum absolute atomic E-state index is 0.228. The van der Waals surface area contributed by atoms with Crippen LogP contribution in [0.15, 0.2) is 28.6 Å². The topological polar surface area (TPSA) is 93.2 Å². The van der Waals surface area contributed by atoms with Gasteiger partial charge in [0.1, 0.15) is 11.0 Å². The normalized spacial score (nSPS) is 11.6. The summed E-state index contributed by atoms with van der Waals surface area (Å²) in [5.74, 6) is 0.190. The number of thioether (sulfide) groups is 1. The van der Waals surface area contributed by atoms with E-state index in [0.717, 1.165) is 23.2 Å². The zero-order chi connectivity index (χ0) is 16.8. The summed E-state index contributed by atoms with van der Waals surface area (Å²) in [5.41, 5.74) is 0.841. The summed E-state index contributed by atoms with van der Waals surface area (Å²) < 4.78 is 5.64. The highest BCUT2D eigenvalue weighted by molar-refractivity contribution is 8.03. The smallest absolute Gasteiger partial charge is 0.240 e. The van der Waals surface area contributed by atoms with Gasteiger partial charge in [0.05, 0.1) is 7.11 Å². The maximum Gasteiger partial charge on any atom is 0.240 e. The molecule has 0 saturated carbocycles. The van der Waals surface area contributed by atoms with E-state index in [1.165, 1.54) is 25.3 Å². The second kappa shape index (κ2) is 7.93. The van der Waals surface area contributed by atoms with Crippen LogP contribution in [-0.2, 0) is 9.59 Å². The van der Waals surface area contributed by atoms with Crippen LogP contribution < -0.4 is 15.4 Å². The molecule has 0 aliphatic carbocycles. The van der Waals surface area contributed by atoms with Crippen LogP contribution in [0.25, 0.3) is 0 Å². The third-order valence-electron chi connectivity index (χ3n) is 2.82. The molecule has 0 aliphatic heterocycles. The minimum atomic E-state index is -0.818. The summed E-state index contributed by atoms with van der Waals surface area (Å²) in [6.45, 7) is 1.38. The Morgan fingerprint density at radius 1 is 1.26 bits per heavy atom. The Hall–Kier alpha value is -2.13. The predicted octanol–water partition coefficient (Wildman–Crippen LogP) is 2.09. The summed E-state index contributed by atoms with van der Waals surface area (Å²) in [4.78, 5) is 23.2. The Labute approximate surface area is 141 Å². The minimum Gasteiger partial charge on any atom is -0.497 e. The van der Waals surface area contributed by atoms with E-state index in [1.807, 2.05) is 24.3 Å². The molecule has 1 aromatic carbocycles. The summed E-state index contributed by atoms with van der Waals surface area (Å²) >= 11 is 2.37. The molecule has 9 heteroatoms. The van der Waals surface area contributed by atoms with E-state index < -0.39 is 5.25 Å². The highest BCUT2D eigenvalue weighted by Crippen LogP contribution is 2.31. The van der Waals surface area contributed by atoms with Crippen molar-refractivity contribution in [3.63, 3.8) is 0 Å². The fourth-order valence-corrected chi connectivity index (χ4v) is 3.55. The molecule has 0 aliphatic rings. The van der Waals surface area contributed by atoms with Crippen molar-refractivity contribution in [1.29, 1.82) is 0 Å². The molecular weight excluding hydrogens is 336 g/mol. The van der Waals surface area contributed by atoms with Crippen molar-refractivity contribution in [2.45, 2.75) is 16.5 Å². The van der Waals surface area contributed by atoms with Crippen LogP contribution in [0.1, 0.15) is 6.92 Å². The summed E-state index contributed by atoms with van der Waals surface area (Å²) in [5, 5.41) is 13.4. The van der Waals surface area contributed by atoms with Gasteiger partial charge in [0, 0.05) is 12.7 Å². The first kappa shape index (κ1) is 17.2. The molecule has 0 saturated heterocycles. The number of hydrogen-bond donors (Lipinski definition) is 2. The number of anilines is 2. The number of hydrogen-bond acceptors (Lipinski definition) is 8. The van der Waals surface area contributed by atoms with Gasteiger partial charge in [0.25, 0.3) is 0 Å². The molecule has 1 heterocycles. The monoisotopic (exact) mass is 352 g/mol. The van der Waals surface area contributed by atoms with Gasteiger partial charge in [0.2, 0.25) is 11.0 Å². The average molecular weight is 352 g/mol. The van der Waals surface area contributed by atoms with Gasteiger partial charge in [-0.25, -0.2) is 0 Å². The number of carbonyl (C=O) groups excluding carboxylic acids is 2. The van der Waals surface area contributed by atoms with Gasteiger partial charge in [-0.15, -0.1) is 10.2 Å². The maximum atomic E-state index is 11.7. The molecule has 1 aromatic heterocycles. The third-order valence-corrected chi connectivity index (χ3v) is 5.06. The molecule has 1 amide bonds. The largest absolute Gasteiger partial charge is 0.497 e. The molecule has 122 valence electrons. The molecule has 0 spiro atoms. The van der Waals surface area contributed by atoms with Crippen LogP contribution in [-0.4, -0.2) is 41.3 Å². The Balaban J connectivity index is 2.04. The number of amides is 1. The van der Waals surface area contributed by atoms with Crippen molar-refractivity contribution in [2.75, 3.05) is 19.5 Å². The highest BCUT2D eigenvalue weighted by Gasteiger charge is 2.25. The Kier molecular flexibility index (Phi) is 5.94. The van der Waals surface area contributed by atoms with E-state index >= 15 is 0 Å². The van der Waals surface area contributed by atoms with E-state index in [9.17, 15) is 9.59 Å². The van der Waals surface area contributed by atoms with Gasteiger partial charge in [0.15, 0.2) is 10.1 Å². The molecular formula is C14H16N4O3S2. The number of rotatable bonds is 7. The lowest BCUT2D eigenvalue weighted by atomic mass is 10.3. The van der Waals surface area contributed by atoms with Crippen LogP contribution in [0, 0.1) is 0 Å². The lowest BCUT2D eigenvalue weighted by Crippen LogP contribution is -2.34. The zero-order valence-corrected chi connectivity index (χ0v) is 14.5. The lowest BCUT2D eigenvalue weighted by molar-refractivity contribution is -0.126. The van der Waals surface area contributed by atoms with E-state index in [2.05, 4.69) is 20.8 Å². The van der Waals surface area contributed by atoms with Gasteiger partial charge in [-0.3, -0.25) is 9.59 Å². The van der Waals surface area contributed by atoms with Gasteiger partial charge in [-0.1, -0.05) is 23.1 Å². The molecule has 2 N–H and O–H groups in total. The lowest BCUT2D eigenvalue weighted by Gasteiger charge is -2.08. The number of carbonyl (C=O) groups is 2. The van der Waals surface area contributed by atoms with E-state index in [1.54, 1.807) is 7.11 Å². The van der Waals surface area contributed by atoms with Crippen LogP contribution >= 0.6 is 23.1 Å². The van der Waals surface area contributed by atoms with E-state index in [4.69, 9.17) is 4.74 Å². The molecule has 0 fully saturated rings. The molecule has 2 aromatic rings. The van der Waals surface area contributed by atoms with Gasteiger partial charge < -0.3 is 15.4 Å². The van der Waals surface area contributed by atoms with Crippen LogP contribution in [0.4, 0.5) is 10.8 Å². The molecule has 7 nitrogen and oxygen atoms in total. The Morgan fingerprint density at radius 2 is 1.96 bits per heavy atom. The Morgan fingerprint density at radius 3 is 2.52 bits per heavy atom. The number of nitrogens with zero attached hydrogens (tertiary/aromatic N) is 2. The average Bonchev–Trinajstić information content (AvgIpc) is 2.99. The van der Waals surface area contributed by atoms with Crippen molar-refractivity contribution >= 4 is 45.6 Å². The van der Waals surface area contributed by atoms with Crippen LogP contribution in [0.3, 0.4) is 0 Å². The molecule has 2 rings (SSSR count). The number of methoxy groups -OCH3 is 1. The van der Waals surface area contributed by atoms with Crippen molar-refractivity contribution in [2.24, 2.45) is 0 Å². The standard InChI is InChI=1S/C14H16N4O3S2/c1-8(19)11(12(20)15-2)22-14-18-17-13(23-14)16-9-4-6-10(21-3)7-5-9/h4-7,11H,1-3H3,(H,15,20)(H,16,17)/t11-/m0/s1. The van der Waals surface area contributed by atoms with Gasteiger partial charge in [-0.05, 0) is 31.2 Å². The summed E-state index contributed by atoms with van der Waals surface area (Å²) in [7, 11) is 3.10. The molecule has 23 heavy (non-hydrogen) atoms. The number of benzene rings is 1. The predicted molar refractivity (Wildman–Crippen MR) is 90.6 cm³/mol. The van der Waals surface area contributed by atoms with Gasteiger partial charge in [-0.2, -0.15) is 0 Å². The van der Waals surface area contributed by atoms with Crippen molar-refractivity contribution in [3.8, 4) is 5.75 Å². The van der Waals surface area contributed by atoms with Crippen molar-refractivity contribution < 1.29 is 14.3 Å². The first-order valence-electron chi connectivity index (χ1n) is 6.66. The van der Waals surface area contributed by atoms with Crippen molar-refractivity contribution in [1.82, 2.24) is 15.5 Å². The first-order valence-corrected chi connectivity index (χ1v) is 8.36. The second-order valence-corrected chi connectivity index (χ2v) is 6.78. The molecule has 0 bridgehead atoms. The van der Waals surface area contributed by atoms with Gasteiger partial charge >= 0.3 is 0 Å². The molecule has 1 atom stereocenters. The highest BCUT2D eigenvalue weighted by atomic mass is 32.2. The molecule has 0 radical (unpaired) electrons. The number of aromatic nitrogens is 2. The van der Waals surface area contributed by atoms with E-state index in [-0.39, 0.29) is 11.7 Å². The number of Topliss-reactive ketones (excluding diaryl/α,β-unsaturated/α-hetero) is 1. The second-order valence-electron chi connectivity index (χ2n) is 4.45. The number of nitrogens with one attached hydrogen (secondary N) is 2. The fraction of sp³-hybridized carbons (Fsp3) is 0.286. The Bertz CT molecular complexity index is 688. The number of ketones is 1. The quantitative estimate of drug-likeness (QED) is 0.582.